The highest BCUT2D eigenvalue weighted by Crippen LogP contribution is 2.45. The van der Waals surface area contributed by atoms with Gasteiger partial charge in [0, 0.05) is 22.5 Å². The minimum atomic E-state index is -3.34. The number of rotatable bonds is 4. The van der Waals surface area contributed by atoms with Crippen molar-refractivity contribution in [1.82, 2.24) is 0 Å². The van der Waals surface area contributed by atoms with E-state index >= 15 is 4.39 Å². The molecule has 0 spiro atoms. The third kappa shape index (κ3) is 3.92. The molecule has 1 aromatic carbocycles. The number of hydrogen-bond acceptors (Lipinski definition) is 1. The first-order valence-electron chi connectivity index (χ1n) is 9.50. The molecule has 3 rings (SSSR count). The molecule has 0 heterocycles. The summed E-state index contributed by atoms with van der Waals surface area (Å²) in [7, 11) is 0.759. The fraction of sp³-hybridized carbons (Fsp3) is 0.333. The van der Waals surface area contributed by atoms with E-state index < -0.39 is 93.3 Å². The van der Waals surface area contributed by atoms with Gasteiger partial charge >= 0.3 is 0 Å². The zero-order valence-corrected chi connectivity index (χ0v) is 17.5. The first-order chi connectivity index (χ1) is 15.6. The summed E-state index contributed by atoms with van der Waals surface area (Å²) in [5.74, 6) is -16.2. The Morgan fingerprint density at radius 2 is 1.18 bits per heavy atom. The second kappa shape index (κ2) is 8.49. The van der Waals surface area contributed by atoms with Gasteiger partial charge in [0.15, 0.2) is 46.9 Å². The maximum absolute atomic E-state index is 15.0. The van der Waals surface area contributed by atoms with Crippen LogP contribution < -0.4 is 10.2 Å². The highest BCUT2D eigenvalue weighted by molar-refractivity contribution is 6.87. The van der Waals surface area contributed by atoms with Gasteiger partial charge in [-0.15, -0.1) is 0 Å². The van der Waals surface area contributed by atoms with Gasteiger partial charge in [-0.25, -0.2) is 48.3 Å². The number of benzene rings is 1. The van der Waals surface area contributed by atoms with Crippen molar-refractivity contribution in [3.8, 4) is 5.75 Å². The lowest BCUT2D eigenvalue weighted by Gasteiger charge is -2.32. The zero-order chi connectivity index (χ0) is 25.9. The molecule has 0 bridgehead atoms. The summed E-state index contributed by atoms with van der Waals surface area (Å²) in [6, 6.07) is 0.147. The quantitative estimate of drug-likeness (QED) is 0.271. The van der Waals surface area contributed by atoms with E-state index in [1.54, 1.807) is 0 Å². The van der Waals surface area contributed by atoms with Crippen LogP contribution in [0.1, 0.15) is 13.8 Å². The average Bonchev–Trinajstić information content (AvgIpc) is 2.72. The Labute approximate surface area is 186 Å². The molecule has 184 valence electrons. The number of alkyl halides is 4. The van der Waals surface area contributed by atoms with Gasteiger partial charge < -0.3 is 4.74 Å². The van der Waals surface area contributed by atoms with Crippen LogP contribution in [0.4, 0.5) is 48.3 Å². The molecule has 13 heteroatoms. The lowest BCUT2D eigenvalue weighted by molar-refractivity contribution is 0.113. The fourth-order valence-electron chi connectivity index (χ4n) is 3.78. The molecule has 0 aromatic heterocycles. The van der Waals surface area contributed by atoms with Crippen LogP contribution in [0.2, 0.25) is 0 Å². The SMILES string of the molecule is COc1cc(F)c(F)c(B(C2=C(F)C(F)C(C)(F)C=C2F)C2=C(F)C(F)C(C)(F)C=C2F)c1F. The predicted octanol–water partition coefficient (Wildman–Crippen LogP) is 6.21. The third-order valence-corrected chi connectivity index (χ3v) is 5.53. The molecule has 0 aliphatic heterocycles. The monoisotopic (exact) mass is 502 g/mol. The smallest absolute Gasteiger partial charge is 0.263 e. The van der Waals surface area contributed by atoms with E-state index in [-0.39, 0.29) is 18.2 Å². The average molecular weight is 502 g/mol. The Bertz CT molecular complexity index is 1110. The first kappa shape index (κ1) is 25.9. The second-order valence-corrected chi connectivity index (χ2v) is 8.07. The van der Waals surface area contributed by atoms with Crippen LogP contribution in [-0.2, 0) is 0 Å². The summed E-state index contributed by atoms with van der Waals surface area (Å²) in [6.07, 6.45) is -7.02. The molecule has 0 fully saturated rings. The normalized spacial score (nSPS) is 29.8. The van der Waals surface area contributed by atoms with Crippen molar-refractivity contribution in [3.05, 3.63) is 69.9 Å². The van der Waals surface area contributed by atoms with Crippen molar-refractivity contribution < 1.29 is 53.0 Å². The molecule has 4 unspecified atom stereocenters. The molecule has 2 aliphatic rings. The van der Waals surface area contributed by atoms with Gasteiger partial charge in [0.2, 0.25) is 0 Å². The van der Waals surface area contributed by atoms with Crippen LogP contribution in [0.3, 0.4) is 0 Å². The Morgan fingerprint density at radius 1 is 0.765 bits per heavy atom. The van der Waals surface area contributed by atoms with E-state index in [0.29, 0.717) is 13.8 Å². The van der Waals surface area contributed by atoms with Crippen LogP contribution >= 0.6 is 0 Å². The highest BCUT2D eigenvalue weighted by atomic mass is 19.2. The number of methoxy groups -OCH3 is 1. The van der Waals surface area contributed by atoms with Crippen LogP contribution in [0, 0.1) is 17.5 Å². The molecule has 0 saturated carbocycles. The number of ether oxygens (including phenoxy) is 1. The van der Waals surface area contributed by atoms with Gasteiger partial charge in [-0.1, -0.05) is 0 Å². The number of hydrogen-bond donors (Lipinski definition) is 0. The van der Waals surface area contributed by atoms with Crippen molar-refractivity contribution in [2.45, 2.75) is 37.5 Å². The lowest BCUT2D eigenvalue weighted by atomic mass is 9.33. The summed E-state index contributed by atoms with van der Waals surface area (Å²) in [6.45, 7) is -2.31. The van der Waals surface area contributed by atoms with E-state index in [9.17, 15) is 43.9 Å². The zero-order valence-electron chi connectivity index (χ0n) is 17.5. The summed E-state index contributed by atoms with van der Waals surface area (Å²) in [5, 5.41) is 0. The first-order valence-corrected chi connectivity index (χ1v) is 9.50. The molecule has 0 radical (unpaired) electrons. The molecule has 0 N–H and O–H groups in total. The number of allylic oxidation sites excluding steroid dienone is 8. The molecule has 1 aromatic rings. The molecule has 0 saturated heterocycles. The van der Waals surface area contributed by atoms with Gasteiger partial charge in [0.05, 0.1) is 7.11 Å². The van der Waals surface area contributed by atoms with Crippen LogP contribution in [0.15, 0.2) is 52.5 Å². The van der Waals surface area contributed by atoms with Crippen molar-refractivity contribution in [3.63, 3.8) is 0 Å². The Hall–Kier alpha value is -2.73. The van der Waals surface area contributed by atoms with Gasteiger partial charge in [-0.05, 0) is 26.0 Å². The molecule has 34 heavy (non-hydrogen) atoms. The second-order valence-electron chi connectivity index (χ2n) is 8.07. The van der Waals surface area contributed by atoms with E-state index in [2.05, 4.69) is 4.74 Å². The number of halogens is 11. The summed E-state index contributed by atoms with van der Waals surface area (Å²) >= 11 is 0. The molecular formula is C21H14BF11O. The minimum Gasteiger partial charge on any atom is -0.494 e. The van der Waals surface area contributed by atoms with Crippen molar-refractivity contribution in [1.29, 1.82) is 0 Å². The highest BCUT2D eigenvalue weighted by Gasteiger charge is 2.52. The van der Waals surface area contributed by atoms with E-state index in [0.717, 1.165) is 7.11 Å². The largest absolute Gasteiger partial charge is 0.494 e. The summed E-state index contributed by atoms with van der Waals surface area (Å²) < 4.78 is 165. The molecule has 1 nitrogen and oxygen atoms in total. The summed E-state index contributed by atoms with van der Waals surface area (Å²) in [4.78, 5) is 0. The van der Waals surface area contributed by atoms with Crippen molar-refractivity contribution in [2.75, 3.05) is 7.11 Å². The molecule has 4 atom stereocenters. The van der Waals surface area contributed by atoms with Crippen LogP contribution in [-0.4, -0.2) is 37.5 Å². The van der Waals surface area contributed by atoms with Gasteiger partial charge in [0.25, 0.3) is 6.71 Å². The topological polar surface area (TPSA) is 9.23 Å². The van der Waals surface area contributed by atoms with Crippen LogP contribution in [0.25, 0.3) is 0 Å². The molecule has 2 aliphatic carbocycles. The Balaban J connectivity index is 2.48. The van der Waals surface area contributed by atoms with Crippen molar-refractivity contribution >= 4 is 12.2 Å². The minimum absolute atomic E-state index is 0.147. The maximum atomic E-state index is 15.0. The van der Waals surface area contributed by atoms with Crippen molar-refractivity contribution in [2.24, 2.45) is 0 Å². The van der Waals surface area contributed by atoms with E-state index in [1.165, 1.54) is 0 Å². The van der Waals surface area contributed by atoms with Gasteiger partial charge in [0.1, 0.15) is 23.3 Å². The lowest BCUT2D eigenvalue weighted by Crippen LogP contribution is -2.47. The summed E-state index contributed by atoms with van der Waals surface area (Å²) in [5.41, 5.74) is -12.2. The van der Waals surface area contributed by atoms with Crippen LogP contribution in [0.5, 0.6) is 5.75 Å². The standard InChI is InChI=1S/C21H14BF11O/c1-20(32)5-8(24)11(16(28)18(20)30)22(12-9(25)6-21(2,33)19(31)17(12)29)13-14(26)7(23)4-10(34-3)15(13)27/h4-6,18-19H,1-3H3. The maximum Gasteiger partial charge on any atom is 0.263 e. The van der Waals surface area contributed by atoms with Gasteiger partial charge in [-0.3, -0.25) is 0 Å². The van der Waals surface area contributed by atoms with Gasteiger partial charge in [-0.2, -0.15) is 0 Å². The Morgan fingerprint density at radius 3 is 1.56 bits per heavy atom. The van der Waals surface area contributed by atoms with E-state index in [1.807, 2.05) is 0 Å². The van der Waals surface area contributed by atoms with E-state index in [4.69, 9.17) is 0 Å². The molecule has 0 amide bonds. The fourth-order valence-corrected chi connectivity index (χ4v) is 3.78. The Kier molecular flexibility index (Phi) is 6.47. The predicted molar refractivity (Wildman–Crippen MR) is 102 cm³/mol. The molecular weight excluding hydrogens is 488 g/mol. The third-order valence-electron chi connectivity index (χ3n) is 5.53.